The Kier molecular flexibility index (Phi) is 6.93. The fraction of sp³-hybridized carbons (Fsp3) is 0.280. The molecule has 0 aliphatic carbocycles. The van der Waals surface area contributed by atoms with E-state index in [0.717, 1.165) is 34.3 Å². The van der Waals surface area contributed by atoms with E-state index in [1.807, 2.05) is 30.3 Å². The van der Waals surface area contributed by atoms with Crippen LogP contribution in [-0.4, -0.2) is 18.0 Å². The first-order chi connectivity index (χ1) is 14.7. The normalized spacial score (nSPS) is 15.1. The van der Waals surface area contributed by atoms with Crippen LogP contribution in [0.3, 0.4) is 0 Å². The third kappa shape index (κ3) is 5.03. The van der Waals surface area contributed by atoms with Gasteiger partial charge in [-0.05, 0) is 74.7 Å². The van der Waals surface area contributed by atoms with Crippen molar-refractivity contribution in [2.75, 3.05) is 16.8 Å². The topological polar surface area (TPSA) is 56.1 Å². The summed E-state index contributed by atoms with van der Waals surface area (Å²) in [6.45, 7) is 9.53. The Labute approximate surface area is 197 Å². The number of halogens is 2. The minimum absolute atomic E-state index is 0.00925. The van der Waals surface area contributed by atoms with Gasteiger partial charge in [0.2, 0.25) is 0 Å². The molecule has 0 radical (unpaired) electrons. The molecule has 1 aliphatic heterocycles. The second-order valence-corrected chi connectivity index (χ2v) is 9.48. The van der Waals surface area contributed by atoms with Crippen LogP contribution in [0.1, 0.15) is 45.2 Å². The molecule has 1 N–H and O–H groups in total. The van der Waals surface area contributed by atoms with E-state index in [1.165, 1.54) is 0 Å². The molecular formula is C25H25BrClN3O. The SMILES string of the molecule is CCCN1c2cc(Cl)c(/C=C(\C#N)C(=O)Nc3cccc(Br)c3)cc2C(C)=CC1(C)C. The first kappa shape index (κ1) is 23.1. The van der Waals surface area contributed by atoms with Gasteiger partial charge in [-0.2, -0.15) is 5.26 Å². The van der Waals surface area contributed by atoms with Crippen molar-refractivity contribution >= 4 is 56.5 Å². The number of nitrogens with one attached hydrogen (secondary N) is 1. The van der Waals surface area contributed by atoms with E-state index < -0.39 is 5.91 Å². The number of hydrogen-bond acceptors (Lipinski definition) is 3. The molecule has 0 saturated heterocycles. The average molecular weight is 499 g/mol. The monoisotopic (exact) mass is 497 g/mol. The summed E-state index contributed by atoms with van der Waals surface area (Å²) in [4.78, 5) is 15.0. The Morgan fingerprint density at radius 2 is 2.06 bits per heavy atom. The van der Waals surface area contributed by atoms with Gasteiger partial charge in [-0.1, -0.05) is 46.6 Å². The van der Waals surface area contributed by atoms with Gasteiger partial charge in [-0.25, -0.2) is 0 Å². The van der Waals surface area contributed by atoms with Gasteiger partial charge in [0.1, 0.15) is 11.6 Å². The molecule has 1 amide bonds. The number of carbonyl (C=O) groups is 1. The largest absolute Gasteiger partial charge is 0.362 e. The molecule has 0 aromatic heterocycles. The average Bonchev–Trinajstić information content (AvgIpc) is 2.69. The van der Waals surface area contributed by atoms with Crippen molar-refractivity contribution < 1.29 is 4.79 Å². The van der Waals surface area contributed by atoms with Crippen LogP contribution in [0.4, 0.5) is 11.4 Å². The number of nitriles is 1. The number of allylic oxidation sites excluding steroid dienone is 1. The van der Waals surface area contributed by atoms with Crippen LogP contribution < -0.4 is 10.2 Å². The van der Waals surface area contributed by atoms with Crippen LogP contribution >= 0.6 is 27.5 Å². The third-order valence-corrected chi connectivity index (χ3v) is 6.11. The zero-order valence-corrected chi connectivity index (χ0v) is 20.4. The lowest BCUT2D eigenvalue weighted by atomic mass is 9.87. The van der Waals surface area contributed by atoms with E-state index in [1.54, 1.807) is 18.2 Å². The van der Waals surface area contributed by atoms with Crippen molar-refractivity contribution in [3.05, 3.63) is 68.7 Å². The number of carbonyl (C=O) groups excluding carboxylic acids is 1. The van der Waals surface area contributed by atoms with Gasteiger partial charge < -0.3 is 10.2 Å². The van der Waals surface area contributed by atoms with E-state index in [0.29, 0.717) is 16.3 Å². The van der Waals surface area contributed by atoms with Crippen molar-refractivity contribution in [1.82, 2.24) is 0 Å². The van der Waals surface area contributed by atoms with E-state index in [-0.39, 0.29) is 11.1 Å². The van der Waals surface area contributed by atoms with Gasteiger partial charge >= 0.3 is 0 Å². The summed E-state index contributed by atoms with van der Waals surface area (Å²) in [7, 11) is 0. The third-order valence-electron chi connectivity index (χ3n) is 5.29. The van der Waals surface area contributed by atoms with Crippen LogP contribution in [0.15, 0.2) is 52.5 Å². The number of hydrogen-bond donors (Lipinski definition) is 1. The maximum atomic E-state index is 12.7. The molecule has 160 valence electrons. The van der Waals surface area contributed by atoms with Crippen molar-refractivity contribution in [1.29, 1.82) is 5.26 Å². The fourth-order valence-corrected chi connectivity index (χ4v) is 4.54. The molecule has 6 heteroatoms. The van der Waals surface area contributed by atoms with E-state index in [2.05, 4.69) is 59.9 Å². The smallest absolute Gasteiger partial charge is 0.266 e. The molecule has 2 aromatic carbocycles. The van der Waals surface area contributed by atoms with Crippen LogP contribution in [0.25, 0.3) is 11.6 Å². The van der Waals surface area contributed by atoms with Gasteiger partial charge in [0, 0.05) is 33.0 Å². The Morgan fingerprint density at radius 3 is 2.71 bits per heavy atom. The predicted octanol–water partition coefficient (Wildman–Crippen LogP) is 7.06. The number of benzene rings is 2. The van der Waals surface area contributed by atoms with Crippen LogP contribution in [-0.2, 0) is 4.79 Å². The maximum absolute atomic E-state index is 12.7. The van der Waals surface area contributed by atoms with Gasteiger partial charge in [0.25, 0.3) is 5.91 Å². The van der Waals surface area contributed by atoms with Crippen molar-refractivity contribution in [2.45, 2.75) is 39.7 Å². The Bertz CT molecular complexity index is 1130. The molecule has 31 heavy (non-hydrogen) atoms. The first-order valence-electron chi connectivity index (χ1n) is 10.2. The summed E-state index contributed by atoms with van der Waals surface area (Å²) in [5.41, 5.74) is 4.41. The van der Waals surface area contributed by atoms with Crippen LogP contribution in [0, 0.1) is 11.3 Å². The molecule has 0 spiro atoms. The lowest BCUT2D eigenvalue weighted by Crippen LogP contribution is -2.45. The summed E-state index contributed by atoms with van der Waals surface area (Å²) in [6.07, 6.45) is 4.81. The highest BCUT2D eigenvalue weighted by atomic mass is 79.9. The zero-order chi connectivity index (χ0) is 22.8. The van der Waals surface area contributed by atoms with E-state index in [9.17, 15) is 10.1 Å². The molecule has 0 fully saturated rings. The maximum Gasteiger partial charge on any atom is 0.266 e. The molecular weight excluding hydrogens is 474 g/mol. The highest BCUT2D eigenvalue weighted by Crippen LogP contribution is 2.41. The summed E-state index contributed by atoms with van der Waals surface area (Å²) in [6, 6.07) is 13.1. The van der Waals surface area contributed by atoms with Gasteiger partial charge in [0.05, 0.1) is 5.54 Å². The number of amides is 1. The summed E-state index contributed by atoms with van der Waals surface area (Å²) >= 11 is 9.99. The number of fused-ring (bicyclic) bond motifs is 1. The molecule has 2 aromatic rings. The minimum Gasteiger partial charge on any atom is -0.362 e. The fourth-order valence-electron chi connectivity index (χ4n) is 3.93. The van der Waals surface area contributed by atoms with Crippen molar-refractivity contribution in [2.24, 2.45) is 0 Å². The number of nitrogens with zero attached hydrogens (tertiary/aromatic N) is 2. The van der Waals surface area contributed by atoms with E-state index in [4.69, 9.17) is 11.6 Å². The predicted molar refractivity (Wildman–Crippen MR) is 133 cm³/mol. The van der Waals surface area contributed by atoms with Gasteiger partial charge in [-0.15, -0.1) is 0 Å². The molecule has 0 saturated carbocycles. The molecule has 1 aliphatic rings. The lowest BCUT2D eigenvalue weighted by molar-refractivity contribution is -0.112. The zero-order valence-electron chi connectivity index (χ0n) is 18.1. The number of anilines is 2. The standard InChI is InChI=1S/C25H25BrClN3O/c1-5-9-30-23-13-22(27)17(11-21(23)16(2)14-25(30,3)4)10-18(15-28)24(31)29-20-8-6-7-19(26)12-20/h6-8,10-14H,5,9H2,1-4H3,(H,29,31)/b18-10+. The Balaban J connectivity index is 1.99. The lowest BCUT2D eigenvalue weighted by Gasteiger charge is -2.43. The highest BCUT2D eigenvalue weighted by molar-refractivity contribution is 9.10. The molecule has 4 nitrogen and oxygen atoms in total. The first-order valence-corrected chi connectivity index (χ1v) is 11.3. The Hall–Kier alpha value is -2.55. The van der Waals surface area contributed by atoms with Crippen molar-refractivity contribution in [3.63, 3.8) is 0 Å². The molecule has 0 bridgehead atoms. The molecule has 0 unspecified atom stereocenters. The molecule has 3 rings (SSSR count). The van der Waals surface area contributed by atoms with Gasteiger partial charge in [-0.3, -0.25) is 4.79 Å². The van der Waals surface area contributed by atoms with Crippen molar-refractivity contribution in [3.8, 4) is 6.07 Å². The molecule has 0 atom stereocenters. The highest BCUT2D eigenvalue weighted by Gasteiger charge is 2.31. The summed E-state index contributed by atoms with van der Waals surface area (Å²) in [5, 5.41) is 12.9. The summed E-state index contributed by atoms with van der Waals surface area (Å²) in [5.74, 6) is -0.476. The van der Waals surface area contributed by atoms with Crippen LogP contribution in [0.5, 0.6) is 0 Å². The van der Waals surface area contributed by atoms with Gasteiger partial charge in [0.15, 0.2) is 0 Å². The second-order valence-electron chi connectivity index (χ2n) is 8.16. The van der Waals surface area contributed by atoms with Crippen LogP contribution in [0.2, 0.25) is 5.02 Å². The Morgan fingerprint density at radius 1 is 1.32 bits per heavy atom. The molecule has 1 heterocycles. The van der Waals surface area contributed by atoms with E-state index >= 15 is 0 Å². The second kappa shape index (κ2) is 9.30. The quantitative estimate of drug-likeness (QED) is 0.354. The minimum atomic E-state index is -0.476. The summed E-state index contributed by atoms with van der Waals surface area (Å²) < 4.78 is 0.840. The number of rotatable bonds is 5.